The molecule has 0 radical (unpaired) electrons. The Kier molecular flexibility index (Phi) is 35.9. The van der Waals surface area contributed by atoms with Crippen molar-refractivity contribution in [1.82, 2.24) is 0 Å². The van der Waals surface area contributed by atoms with E-state index in [1.165, 1.54) is 135 Å². The minimum atomic E-state index is -0.909. The van der Waals surface area contributed by atoms with Gasteiger partial charge in [0.2, 0.25) is 0 Å². The van der Waals surface area contributed by atoms with Crippen molar-refractivity contribution in [1.29, 1.82) is 0 Å². The summed E-state index contributed by atoms with van der Waals surface area (Å²) in [5, 5.41) is 10.1. The molecule has 0 saturated carbocycles. The maximum atomic E-state index is 10.8. The molecular formula is C30H58CaO3. The van der Waals surface area contributed by atoms with Crippen LogP contribution in [0.15, 0.2) is 0 Å². The van der Waals surface area contributed by atoms with E-state index in [0.717, 1.165) is 61.5 Å². The van der Waals surface area contributed by atoms with Gasteiger partial charge < -0.3 is 9.90 Å². The predicted molar refractivity (Wildman–Crippen MR) is 147 cm³/mol. The maximum absolute atomic E-state index is 10.8. The van der Waals surface area contributed by atoms with Gasteiger partial charge in [-0.2, -0.15) is 0 Å². The summed E-state index contributed by atoms with van der Waals surface area (Å²) >= 11 is 0.846. The van der Waals surface area contributed by atoms with E-state index >= 15 is 0 Å². The summed E-state index contributed by atoms with van der Waals surface area (Å²) in [5.41, 5.74) is 0. The third-order valence-corrected chi connectivity index (χ3v) is 7.10. The fourth-order valence-electron chi connectivity index (χ4n) is 4.27. The van der Waals surface area contributed by atoms with Gasteiger partial charge in [0, 0.05) is 5.97 Å². The number of unbranched alkanes of at least 4 members (excludes halogenated alkanes) is 22. The SMILES string of the molecule is CCCCCCCCCCCC(=O)[O-].CCCCCCCCCCCCCCCCC[C](=O)[Ca+]. The summed E-state index contributed by atoms with van der Waals surface area (Å²) < 4.78 is 0.472. The summed E-state index contributed by atoms with van der Waals surface area (Å²) in [7, 11) is 0. The second kappa shape index (κ2) is 33.4. The Morgan fingerprint density at radius 1 is 0.441 bits per heavy atom. The predicted octanol–water partition coefficient (Wildman–Crippen LogP) is 8.60. The fraction of sp³-hybridized carbons (Fsp3) is 0.933. The molecule has 0 rings (SSSR count). The third kappa shape index (κ3) is 39.6. The molecule has 0 N–H and O–H groups in total. The van der Waals surface area contributed by atoms with Crippen LogP contribution < -0.4 is 5.11 Å². The molecule has 34 heavy (non-hydrogen) atoms. The van der Waals surface area contributed by atoms with E-state index in [2.05, 4.69) is 13.8 Å². The van der Waals surface area contributed by atoms with Crippen molar-refractivity contribution >= 4 is 43.6 Å². The van der Waals surface area contributed by atoms with E-state index in [1.807, 2.05) is 0 Å². The van der Waals surface area contributed by atoms with Gasteiger partial charge in [0.1, 0.15) is 0 Å². The Bertz CT molecular complexity index is 412. The van der Waals surface area contributed by atoms with Crippen molar-refractivity contribution in [3.8, 4) is 0 Å². The number of rotatable bonds is 26. The Balaban J connectivity index is 0. The van der Waals surface area contributed by atoms with Crippen LogP contribution >= 0.6 is 0 Å². The summed E-state index contributed by atoms with van der Waals surface area (Å²) in [6.45, 7) is 4.50. The van der Waals surface area contributed by atoms with Crippen molar-refractivity contribution < 1.29 is 14.7 Å². The summed E-state index contributed by atoms with van der Waals surface area (Å²) in [5.74, 6) is -0.909. The van der Waals surface area contributed by atoms with E-state index in [0.29, 0.717) is 1.88 Å². The van der Waals surface area contributed by atoms with Crippen LogP contribution in [0.1, 0.15) is 181 Å². The van der Waals surface area contributed by atoms with Gasteiger partial charge in [-0.3, -0.25) is 0 Å². The quantitative estimate of drug-likeness (QED) is 0.0871. The van der Waals surface area contributed by atoms with Gasteiger partial charge in [0.15, 0.2) is 0 Å². The zero-order valence-corrected chi connectivity index (χ0v) is 25.5. The number of carboxylic acid groups (broad SMARTS) is 1. The molecule has 0 aromatic carbocycles. The minimum absolute atomic E-state index is 0.232. The van der Waals surface area contributed by atoms with Crippen LogP contribution in [-0.2, 0) is 9.59 Å². The fourth-order valence-corrected chi connectivity index (χ4v) is 4.66. The summed E-state index contributed by atoms with van der Waals surface area (Å²) in [4.78, 5) is 20.9. The van der Waals surface area contributed by atoms with Crippen LogP contribution in [0.2, 0.25) is 0 Å². The van der Waals surface area contributed by atoms with Gasteiger partial charge in [-0.1, -0.05) is 97.3 Å². The molecule has 0 heterocycles. The molecule has 0 aromatic heterocycles. The molecule has 0 atom stereocenters. The second-order valence-corrected chi connectivity index (χ2v) is 11.4. The number of carboxylic acids is 1. The number of carbonyl (C=O) groups is 2. The van der Waals surface area contributed by atoms with E-state index in [9.17, 15) is 14.7 Å². The first kappa shape index (κ1) is 36.6. The summed E-state index contributed by atoms with van der Waals surface area (Å²) in [6, 6.07) is 0. The van der Waals surface area contributed by atoms with Crippen molar-refractivity contribution in [2.45, 2.75) is 181 Å². The topological polar surface area (TPSA) is 57.2 Å². The van der Waals surface area contributed by atoms with Gasteiger partial charge in [-0.05, 0) is 12.8 Å². The second-order valence-electron chi connectivity index (χ2n) is 10.2. The molecule has 198 valence electrons. The van der Waals surface area contributed by atoms with E-state index < -0.39 is 5.97 Å². The van der Waals surface area contributed by atoms with Crippen LogP contribution in [0.3, 0.4) is 0 Å². The van der Waals surface area contributed by atoms with Crippen LogP contribution in [0.25, 0.3) is 0 Å². The molecule has 0 bridgehead atoms. The molecule has 0 aliphatic rings. The van der Waals surface area contributed by atoms with Gasteiger partial charge in [-0.25, -0.2) is 0 Å². The molecule has 0 aromatic rings. The van der Waals surface area contributed by atoms with E-state index in [1.54, 1.807) is 0 Å². The number of hydrogen-bond acceptors (Lipinski definition) is 3. The van der Waals surface area contributed by atoms with E-state index in [4.69, 9.17) is 0 Å². The number of hydrogen-bond donors (Lipinski definition) is 0. The van der Waals surface area contributed by atoms with Gasteiger partial charge >= 0.3 is 113 Å². The molecule has 3 nitrogen and oxygen atoms in total. The number of carbonyl (C=O) groups excluding carboxylic acids is 2. The van der Waals surface area contributed by atoms with E-state index in [-0.39, 0.29) is 6.42 Å². The third-order valence-electron chi connectivity index (χ3n) is 6.54. The first-order valence-electron chi connectivity index (χ1n) is 15.1. The van der Waals surface area contributed by atoms with Gasteiger partial charge in [0.05, 0.1) is 0 Å². The standard InChI is InChI=1S/C18H35O.C12H24O2.Ca/c1-2-3-4-5-6-7-8-9-10-11-12-13-14-15-16-17-18-19;1-2-3-4-5-6-7-8-9-10-11-12(13)14;/h2-17H2,1H3;2-11H2,1H3,(H,13,14);/q;;+1/p-1. The molecule has 0 unspecified atom stereocenters. The molecular weight excluding hydrogens is 448 g/mol. The Labute approximate surface area is 237 Å². The zero-order valence-electron chi connectivity index (χ0n) is 23.3. The average molecular weight is 507 g/mol. The first-order chi connectivity index (χ1) is 16.5. The van der Waals surface area contributed by atoms with Gasteiger partial charge in [0.25, 0.3) is 0 Å². The van der Waals surface area contributed by atoms with Crippen LogP contribution in [0.4, 0.5) is 0 Å². The molecule has 0 saturated heterocycles. The molecule has 0 amide bonds. The monoisotopic (exact) mass is 506 g/mol. The first-order valence-corrected chi connectivity index (χ1v) is 16.2. The van der Waals surface area contributed by atoms with Crippen LogP contribution in [-0.4, -0.2) is 43.6 Å². The van der Waals surface area contributed by atoms with Crippen LogP contribution in [0, 0.1) is 0 Å². The molecule has 0 aliphatic carbocycles. The Morgan fingerprint density at radius 3 is 0.912 bits per heavy atom. The molecule has 0 aliphatic heterocycles. The molecule has 0 fully saturated rings. The van der Waals surface area contributed by atoms with Crippen molar-refractivity contribution in [3.05, 3.63) is 0 Å². The Hall–Kier alpha value is 0.400. The molecule has 4 heteroatoms. The molecule has 0 spiro atoms. The summed E-state index contributed by atoms with van der Waals surface area (Å²) in [6.07, 6.45) is 32.9. The van der Waals surface area contributed by atoms with Crippen molar-refractivity contribution in [2.24, 2.45) is 0 Å². The Morgan fingerprint density at radius 2 is 0.676 bits per heavy atom. The van der Waals surface area contributed by atoms with Gasteiger partial charge in [-0.15, -0.1) is 0 Å². The zero-order chi connectivity index (χ0) is 25.5. The normalized spacial score (nSPS) is 10.7. The van der Waals surface area contributed by atoms with Crippen molar-refractivity contribution in [2.75, 3.05) is 0 Å². The number of aliphatic carboxylic acids is 1. The van der Waals surface area contributed by atoms with Crippen molar-refractivity contribution in [3.63, 3.8) is 0 Å². The average Bonchev–Trinajstić information content (AvgIpc) is 2.80. The van der Waals surface area contributed by atoms with Crippen LogP contribution in [0.5, 0.6) is 0 Å².